The summed E-state index contributed by atoms with van der Waals surface area (Å²) >= 11 is 1.35. The van der Waals surface area contributed by atoms with Crippen molar-refractivity contribution in [2.24, 2.45) is 5.84 Å². The molecule has 0 spiro atoms. The summed E-state index contributed by atoms with van der Waals surface area (Å²) < 4.78 is 7.44. The van der Waals surface area contributed by atoms with Crippen molar-refractivity contribution in [2.75, 3.05) is 0 Å². The molecule has 0 saturated carbocycles. The summed E-state index contributed by atoms with van der Waals surface area (Å²) in [7, 11) is 0. The lowest BCUT2D eigenvalue weighted by Crippen LogP contribution is -2.29. The minimum Gasteiger partial charge on any atom is -0.485 e. The molecule has 0 aliphatic heterocycles. The molecule has 2 heterocycles. The topological polar surface area (TPSA) is 82.2 Å². The van der Waals surface area contributed by atoms with Crippen molar-refractivity contribution < 1.29 is 9.53 Å². The molecule has 19 heavy (non-hydrogen) atoms. The van der Waals surface area contributed by atoms with Crippen molar-refractivity contribution in [3.8, 4) is 5.75 Å². The SMILES string of the molecule is CC(C)n1cc(OCc2ccc(C(=O)NN)s2)cn1. The number of hydrogen-bond donors (Lipinski definition) is 2. The smallest absolute Gasteiger partial charge is 0.275 e. The second-order valence-electron chi connectivity index (χ2n) is 4.28. The second kappa shape index (κ2) is 5.85. The minimum absolute atomic E-state index is 0.288. The molecule has 2 aromatic rings. The summed E-state index contributed by atoms with van der Waals surface area (Å²) in [5.41, 5.74) is 2.10. The maximum Gasteiger partial charge on any atom is 0.275 e. The second-order valence-corrected chi connectivity index (χ2v) is 5.45. The third-order valence-corrected chi connectivity index (χ3v) is 3.56. The van der Waals surface area contributed by atoms with Crippen LogP contribution in [0, 0.1) is 0 Å². The van der Waals surface area contributed by atoms with Gasteiger partial charge in [-0.1, -0.05) is 0 Å². The first-order valence-corrected chi connectivity index (χ1v) is 6.68. The molecule has 1 amide bonds. The van der Waals surface area contributed by atoms with E-state index in [1.807, 2.05) is 30.8 Å². The molecule has 0 radical (unpaired) electrons. The Morgan fingerprint density at radius 2 is 2.37 bits per heavy atom. The highest BCUT2D eigenvalue weighted by Gasteiger charge is 2.08. The van der Waals surface area contributed by atoms with Gasteiger partial charge in [0.15, 0.2) is 5.75 Å². The lowest BCUT2D eigenvalue weighted by molar-refractivity contribution is 0.0957. The number of carbonyl (C=O) groups is 1. The molecule has 0 fully saturated rings. The number of nitrogens with one attached hydrogen (secondary N) is 1. The van der Waals surface area contributed by atoms with Crippen LogP contribution in [0.15, 0.2) is 24.5 Å². The van der Waals surface area contributed by atoms with Gasteiger partial charge in [-0.25, -0.2) is 5.84 Å². The summed E-state index contributed by atoms with van der Waals surface area (Å²) in [6.07, 6.45) is 3.53. The van der Waals surface area contributed by atoms with Gasteiger partial charge in [0.1, 0.15) is 6.61 Å². The lowest BCUT2D eigenvalue weighted by Gasteiger charge is -2.03. The Hall–Kier alpha value is -1.86. The van der Waals surface area contributed by atoms with Gasteiger partial charge in [0, 0.05) is 10.9 Å². The standard InChI is InChI=1S/C12H16N4O2S/c1-8(2)16-6-9(5-14-16)18-7-10-3-4-11(19-10)12(17)15-13/h3-6,8H,7,13H2,1-2H3,(H,15,17). The molecular weight excluding hydrogens is 264 g/mol. The highest BCUT2D eigenvalue weighted by Crippen LogP contribution is 2.19. The molecule has 0 aliphatic carbocycles. The quantitative estimate of drug-likeness (QED) is 0.496. The van der Waals surface area contributed by atoms with Gasteiger partial charge in [-0.15, -0.1) is 11.3 Å². The van der Waals surface area contributed by atoms with Crippen molar-refractivity contribution in [1.29, 1.82) is 0 Å². The largest absolute Gasteiger partial charge is 0.485 e. The fourth-order valence-corrected chi connectivity index (χ4v) is 2.30. The fraction of sp³-hybridized carbons (Fsp3) is 0.333. The Morgan fingerprint density at radius 1 is 1.58 bits per heavy atom. The molecule has 102 valence electrons. The van der Waals surface area contributed by atoms with Gasteiger partial charge in [0.25, 0.3) is 5.91 Å². The van der Waals surface area contributed by atoms with E-state index in [0.29, 0.717) is 23.3 Å². The summed E-state index contributed by atoms with van der Waals surface area (Å²) in [6.45, 7) is 4.51. The lowest BCUT2D eigenvalue weighted by atomic mass is 10.4. The van der Waals surface area contributed by atoms with E-state index < -0.39 is 0 Å². The van der Waals surface area contributed by atoms with Crippen LogP contribution in [0.5, 0.6) is 5.75 Å². The van der Waals surface area contributed by atoms with E-state index in [-0.39, 0.29) is 5.91 Å². The number of hydrogen-bond acceptors (Lipinski definition) is 5. The van der Waals surface area contributed by atoms with E-state index in [4.69, 9.17) is 10.6 Å². The third-order valence-electron chi connectivity index (χ3n) is 2.50. The zero-order valence-corrected chi connectivity index (χ0v) is 11.6. The van der Waals surface area contributed by atoms with Gasteiger partial charge < -0.3 is 4.74 Å². The molecule has 2 aromatic heterocycles. The Kier molecular flexibility index (Phi) is 4.18. The first-order chi connectivity index (χ1) is 9.10. The summed E-state index contributed by atoms with van der Waals surface area (Å²) in [5.74, 6) is 5.50. The number of thiophene rings is 1. The number of rotatable bonds is 5. The van der Waals surface area contributed by atoms with Crippen LogP contribution in [-0.4, -0.2) is 15.7 Å². The molecule has 0 atom stereocenters. The van der Waals surface area contributed by atoms with Gasteiger partial charge in [-0.05, 0) is 26.0 Å². The maximum atomic E-state index is 11.3. The summed E-state index contributed by atoms with van der Waals surface area (Å²) in [4.78, 5) is 12.8. The molecule has 0 saturated heterocycles. The van der Waals surface area contributed by atoms with Crippen molar-refractivity contribution in [3.05, 3.63) is 34.3 Å². The Morgan fingerprint density at radius 3 is 3.00 bits per heavy atom. The molecule has 3 N–H and O–H groups in total. The van der Waals surface area contributed by atoms with Crippen LogP contribution < -0.4 is 16.0 Å². The highest BCUT2D eigenvalue weighted by molar-refractivity contribution is 7.14. The zero-order chi connectivity index (χ0) is 13.8. The average molecular weight is 280 g/mol. The normalized spacial score (nSPS) is 10.7. The maximum absolute atomic E-state index is 11.3. The van der Waals surface area contributed by atoms with Gasteiger partial charge in [0.2, 0.25) is 0 Å². The van der Waals surface area contributed by atoms with Crippen LogP contribution in [0.1, 0.15) is 34.4 Å². The van der Waals surface area contributed by atoms with E-state index in [0.717, 1.165) is 4.88 Å². The average Bonchev–Trinajstić information content (AvgIpc) is 3.04. The molecule has 2 rings (SSSR count). The molecule has 7 heteroatoms. The predicted octanol–water partition coefficient (Wildman–Crippen LogP) is 1.71. The number of nitrogens with zero attached hydrogens (tertiary/aromatic N) is 2. The van der Waals surface area contributed by atoms with Gasteiger partial charge in [-0.3, -0.25) is 14.9 Å². The van der Waals surface area contributed by atoms with Crippen molar-refractivity contribution in [3.63, 3.8) is 0 Å². The number of ether oxygens (including phenoxy) is 1. The summed E-state index contributed by atoms with van der Waals surface area (Å²) in [5, 5.41) is 4.19. The van der Waals surface area contributed by atoms with E-state index in [9.17, 15) is 4.79 Å². The number of amides is 1. The molecule has 0 aliphatic rings. The summed E-state index contributed by atoms with van der Waals surface area (Å²) in [6, 6.07) is 3.88. The van der Waals surface area contributed by atoms with Gasteiger partial charge >= 0.3 is 0 Å². The zero-order valence-electron chi connectivity index (χ0n) is 10.8. The number of carbonyl (C=O) groups excluding carboxylic acids is 1. The number of nitrogen functional groups attached to an aromatic ring is 1. The number of hydrazine groups is 1. The van der Waals surface area contributed by atoms with E-state index in [2.05, 4.69) is 10.5 Å². The third kappa shape index (κ3) is 3.33. The molecule has 6 nitrogen and oxygen atoms in total. The van der Waals surface area contributed by atoms with Crippen LogP contribution in [-0.2, 0) is 6.61 Å². The molecule has 0 bridgehead atoms. The van der Waals surface area contributed by atoms with Gasteiger partial charge in [-0.2, -0.15) is 5.10 Å². The number of aromatic nitrogens is 2. The van der Waals surface area contributed by atoms with Crippen LogP contribution in [0.25, 0.3) is 0 Å². The molecular formula is C12H16N4O2S. The van der Waals surface area contributed by atoms with Gasteiger partial charge in [0.05, 0.1) is 17.3 Å². The minimum atomic E-state index is -0.288. The van der Waals surface area contributed by atoms with Crippen LogP contribution >= 0.6 is 11.3 Å². The van der Waals surface area contributed by atoms with E-state index in [1.54, 1.807) is 12.3 Å². The highest BCUT2D eigenvalue weighted by atomic mass is 32.1. The Bertz CT molecular complexity index is 562. The van der Waals surface area contributed by atoms with Crippen LogP contribution in [0.2, 0.25) is 0 Å². The first kappa shape index (κ1) is 13.6. The van der Waals surface area contributed by atoms with Crippen LogP contribution in [0.3, 0.4) is 0 Å². The Balaban J connectivity index is 1.94. The number of nitrogens with two attached hydrogens (primary N) is 1. The van der Waals surface area contributed by atoms with Crippen LogP contribution in [0.4, 0.5) is 0 Å². The Labute approximate surface area is 115 Å². The van der Waals surface area contributed by atoms with E-state index >= 15 is 0 Å². The fourth-order valence-electron chi connectivity index (χ4n) is 1.48. The van der Waals surface area contributed by atoms with Crippen molar-refractivity contribution >= 4 is 17.2 Å². The molecule has 0 aromatic carbocycles. The van der Waals surface area contributed by atoms with Crippen molar-refractivity contribution in [1.82, 2.24) is 15.2 Å². The van der Waals surface area contributed by atoms with Crippen molar-refractivity contribution in [2.45, 2.75) is 26.5 Å². The first-order valence-electron chi connectivity index (χ1n) is 5.86. The molecule has 0 unspecified atom stereocenters. The monoisotopic (exact) mass is 280 g/mol. The predicted molar refractivity (Wildman–Crippen MR) is 72.9 cm³/mol. The van der Waals surface area contributed by atoms with E-state index in [1.165, 1.54) is 11.3 Å².